The molecule has 0 spiro atoms. The summed E-state index contributed by atoms with van der Waals surface area (Å²) in [5.74, 6) is 0.206. The SMILES string of the molecule is CC(C)CC1CN(C)CCC1C(=O)O. The number of piperidine rings is 1. The standard InChI is InChI=1S/C11H21NO2/c1-8(2)6-9-7-12(3)5-4-10(9)11(13)14/h8-10H,4-7H2,1-3H3,(H,13,14). The lowest BCUT2D eigenvalue weighted by atomic mass is 9.80. The van der Waals surface area contributed by atoms with E-state index in [1.165, 1.54) is 0 Å². The maximum absolute atomic E-state index is 11.0. The summed E-state index contributed by atoms with van der Waals surface area (Å²) in [6, 6.07) is 0. The van der Waals surface area contributed by atoms with Crippen molar-refractivity contribution in [2.75, 3.05) is 20.1 Å². The molecule has 1 fully saturated rings. The third-order valence-electron chi connectivity index (χ3n) is 3.03. The van der Waals surface area contributed by atoms with Crippen molar-refractivity contribution in [2.24, 2.45) is 17.8 Å². The van der Waals surface area contributed by atoms with Gasteiger partial charge in [-0.25, -0.2) is 0 Å². The van der Waals surface area contributed by atoms with Gasteiger partial charge in [0.1, 0.15) is 0 Å². The highest BCUT2D eigenvalue weighted by molar-refractivity contribution is 5.70. The van der Waals surface area contributed by atoms with E-state index in [-0.39, 0.29) is 5.92 Å². The maximum atomic E-state index is 11.0. The summed E-state index contributed by atoms with van der Waals surface area (Å²) >= 11 is 0. The van der Waals surface area contributed by atoms with Crippen molar-refractivity contribution in [3.05, 3.63) is 0 Å². The van der Waals surface area contributed by atoms with Crippen molar-refractivity contribution < 1.29 is 9.90 Å². The van der Waals surface area contributed by atoms with Gasteiger partial charge < -0.3 is 10.0 Å². The molecule has 14 heavy (non-hydrogen) atoms. The zero-order valence-electron chi connectivity index (χ0n) is 9.36. The highest BCUT2D eigenvalue weighted by Gasteiger charge is 2.32. The van der Waals surface area contributed by atoms with Crippen molar-refractivity contribution in [2.45, 2.75) is 26.7 Å². The molecule has 1 rings (SSSR count). The Balaban J connectivity index is 2.59. The topological polar surface area (TPSA) is 40.5 Å². The summed E-state index contributed by atoms with van der Waals surface area (Å²) in [6.07, 6.45) is 1.84. The molecule has 1 heterocycles. The Hall–Kier alpha value is -0.570. The van der Waals surface area contributed by atoms with Crippen molar-refractivity contribution >= 4 is 5.97 Å². The molecule has 0 amide bonds. The van der Waals surface area contributed by atoms with Gasteiger partial charge in [-0.3, -0.25) is 4.79 Å². The minimum Gasteiger partial charge on any atom is -0.481 e. The van der Waals surface area contributed by atoms with Crippen molar-refractivity contribution in [1.82, 2.24) is 4.90 Å². The molecule has 3 nitrogen and oxygen atoms in total. The van der Waals surface area contributed by atoms with Crippen LogP contribution in [0, 0.1) is 17.8 Å². The largest absolute Gasteiger partial charge is 0.481 e. The molecule has 2 unspecified atom stereocenters. The molecule has 0 aromatic heterocycles. The summed E-state index contributed by atoms with van der Waals surface area (Å²) < 4.78 is 0. The van der Waals surface area contributed by atoms with Gasteiger partial charge in [0.2, 0.25) is 0 Å². The molecule has 1 aliphatic heterocycles. The zero-order valence-corrected chi connectivity index (χ0v) is 9.36. The van der Waals surface area contributed by atoms with Gasteiger partial charge in [0.15, 0.2) is 0 Å². The average Bonchev–Trinajstić information content (AvgIpc) is 2.01. The molecule has 1 N–H and O–H groups in total. The molecule has 0 radical (unpaired) electrons. The highest BCUT2D eigenvalue weighted by atomic mass is 16.4. The van der Waals surface area contributed by atoms with E-state index in [1.807, 2.05) is 0 Å². The average molecular weight is 199 g/mol. The summed E-state index contributed by atoms with van der Waals surface area (Å²) in [7, 11) is 2.07. The van der Waals surface area contributed by atoms with Crippen LogP contribution in [0.3, 0.4) is 0 Å². The number of aliphatic carboxylic acids is 1. The van der Waals surface area contributed by atoms with Crippen molar-refractivity contribution in [3.8, 4) is 0 Å². The molecule has 3 heteroatoms. The third-order valence-corrected chi connectivity index (χ3v) is 3.03. The molecule has 0 aliphatic carbocycles. The van der Waals surface area contributed by atoms with E-state index < -0.39 is 5.97 Å². The number of carboxylic acid groups (broad SMARTS) is 1. The van der Waals surface area contributed by atoms with E-state index in [4.69, 9.17) is 5.11 Å². The molecule has 0 aromatic carbocycles. The molecule has 2 atom stereocenters. The van der Waals surface area contributed by atoms with Gasteiger partial charge in [-0.2, -0.15) is 0 Å². The first-order valence-corrected chi connectivity index (χ1v) is 5.42. The van der Waals surface area contributed by atoms with Crippen LogP contribution < -0.4 is 0 Å². The first-order chi connectivity index (χ1) is 6.50. The Morgan fingerprint density at radius 2 is 2.21 bits per heavy atom. The van der Waals surface area contributed by atoms with Gasteiger partial charge in [0.25, 0.3) is 0 Å². The first kappa shape index (κ1) is 11.5. The predicted octanol–water partition coefficient (Wildman–Crippen LogP) is 1.69. The minimum atomic E-state index is -0.608. The number of hydrogen-bond donors (Lipinski definition) is 1. The number of rotatable bonds is 3. The van der Waals surface area contributed by atoms with Crippen LogP contribution in [-0.4, -0.2) is 36.1 Å². The van der Waals surface area contributed by atoms with Crippen LogP contribution in [0.1, 0.15) is 26.7 Å². The summed E-state index contributed by atoms with van der Waals surface area (Å²) in [6.45, 7) is 6.18. The quantitative estimate of drug-likeness (QED) is 0.752. The normalized spacial score (nSPS) is 29.4. The Morgan fingerprint density at radius 1 is 1.57 bits per heavy atom. The Labute approximate surface area is 86.1 Å². The van der Waals surface area contributed by atoms with Gasteiger partial charge in [0, 0.05) is 6.54 Å². The van der Waals surface area contributed by atoms with Crippen LogP contribution in [0.5, 0.6) is 0 Å². The van der Waals surface area contributed by atoms with Crippen LogP contribution in [0.2, 0.25) is 0 Å². The van der Waals surface area contributed by atoms with Gasteiger partial charge in [-0.15, -0.1) is 0 Å². The predicted molar refractivity (Wildman–Crippen MR) is 56.2 cm³/mol. The van der Waals surface area contributed by atoms with Gasteiger partial charge in [-0.05, 0) is 38.3 Å². The monoisotopic (exact) mass is 199 g/mol. The minimum absolute atomic E-state index is 0.117. The number of nitrogens with zero attached hydrogens (tertiary/aromatic N) is 1. The van der Waals surface area contributed by atoms with Gasteiger partial charge >= 0.3 is 5.97 Å². The molecule has 82 valence electrons. The van der Waals surface area contributed by atoms with Crippen LogP contribution in [0.15, 0.2) is 0 Å². The van der Waals surface area contributed by atoms with Gasteiger partial charge in [0.05, 0.1) is 5.92 Å². The molecular weight excluding hydrogens is 178 g/mol. The maximum Gasteiger partial charge on any atom is 0.306 e. The van der Waals surface area contributed by atoms with E-state index >= 15 is 0 Å². The van der Waals surface area contributed by atoms with Crippen molar-refractivity contribution in [3.63, 3.8) is 0 Å². The summed E-state index contributed by atoms with van der Waals surface area (Å²) in [5.41, 5.74) is 0. The Bertz CT molecular complexity index is 201. The van der Waals surface area contributed by atoms with Crippen LogP contribution >= 0.6 is 0 Å². The number of likely N-dealkylation sites (tertiary alicyclic amines) is 1. The lowest BCUT2D eigenvalue weighted by molar-refractivity contribution is -0.145. The molecular formula is C11H21NO2. The lowest BCUT2D eigenvalue weighted by Gasteiger charge is -2.35. The van der Waals surface area contributed by atoms with Crippen LogP contribution in [0.25, 0.3) is 0 Å². The third kappa shape index (κ3) is 2.98. The highest BCUT2D eigenvalue weighted by Crippen LogP contribution is 2.28. The van der Waals surface area contributed by atoms with E-state index in [1.54, 1.807) is 0 Å². The fourth-order valence-electron chi connectivity index (χ4n) is 2.38. The molecule has 0 aromatic rings. The van der Waals surface area contributed by atoms with Gasteiger partial charge in [-0.1, -0.05) is 13.8 Å². The Morgan fingerprint density at radius 3 is 2.71 bits per heavy atom. The fourth-order valence-corrected chi connectivity index (χ4v) is 2.38. The lowest BCUT2D eigenvalue weighted by Crippen LogP contribution is -2.41. The summed E-state index contributed by atoms with van der Waals surface area (Å²) in [5, 5.41) is 9.09. The first-order valence-electron chi connectivity index (χ1n) is 5.42. The molecule has 0 bridgehead atoms. The second kappa shape index (κ2) is 4.78. The summed E-state index contributed by atoms with van der Waals surface area (Å²) in [4.78, 5) is 13.3. The van der Waals surface area contributed by atoms with Crippen molar-refractivity contribution in [1.29, 1.82) is 0 Å². The number of carboxylic acids is 1. The van der Waals surface area contributed by atoms with Crippen LogP contribution in [-0.2, 0) is 4.79 Å². The second-order valence-corrected chi connectivity index (χ2v) is 4.89. The zero-order chi connectivity index (χ0) is 10.7. The fraction of sp³-hybridized carbons (Fsp3) is 0.909. The van der Waals surface area contributed by atoms with E-state index in [2.05, 4.69) is 25.8 Å². The van der Waals surface area contributed by atoms with E-state index in [0.717, 1.165) is 25.9 Å². The Kier molecular flexibility index (Phi) is 3.93. The van der Waals surface area contributed by atoms with Crippen LogP contribution in [0.4, 0.5) is 0 Å². The second-order valence-electron chi connectivity index (χ2n) is 4.89. The smallest absolute Gasteiger partial charge is 0.306 e. The molecule has 1 aliphatic rings. The van der Waals surface area contributed by atoms with E-state index in [9.17, 15) is 4.79 Å². The molecule has 0 saturated carbocycles. The number of carbonyl (C=O) groups is 1. The van der Waals surface area contributed by atoms with E-state index in [0.29, 0.717) is 11.8 Å². The molecule has 1 saturated heterocycles. The number of hydrogen-bond acceptors (Lipinski definition) is 2.